The molecular formula is C12H12ClN3OS. The second-order valence-corrected chi connectivity index (χ2v) is 5.26. The quantitative estimate of drug-likeness (QED) is 0.848. The van der Waals surface area contributed by atoms with Gasteiger partial charge in [-0.1, -0.05) is 29.4 Å². The van der Waals surface area contributed by atoms with Gasteiger partial charge in [-0.2, -0.15) is 0 Å². The van der Waals surface area contributed by atoms with Gasteiger partial charge in [0, 0.05) is 23.2 Å². The number of aromatic nitrogens is 2. The number of nitrogens with one attached hydrogen (secondary N) is 1. The number of hydrogen-bond donors (Lipinski definition) is 2. The summed E-state index contributed by atoms with van der Waals surface area (Å²) < 4.78 is 0. The fourth-order valence-electron chi connectivity index (χ4n) is 1.39. The number of nitrogens with two attached hydrogens (primary N) is 1. The van der Waals surface area contributed by atoms with Gasteiger partial charge in [-0.05, 0) is 24.6 Å². The Morgan fingerprint density at radius 1 is 1.44 bits per heavy atom. The number of aromatic amines is 1. The second-order valence-electron chi connectivity index (χ2n) is 3.82. The lowest BCUT2D eigenvalue weighted by atomic mass is 10.1. The third-order valence-electron chi connectivity index (χ3n) is 2.34. The minimum Gasteiger partial charge on any atom is -0.324 e. The lowest BCUT2D eigenvalue weighted by molar-refractivity contribution is 0.817. The van der Waals surface area contributed by atoms with Crippen molar-refractivity contribution in [2.75, 3.05) is 0 Å². The number of rotatable bonds is 3. The molecule has 0 spiro atoms. The Kier molecular flexibility index (Phi) is 4.06. The lowest BCUT2D eigenvalue weighted by Gasteiger charge is -2.08. The highest BCUT2D eigenvalue weighted by Crippen LogP contribution is 2.32. The van der Waals surface area contributed by atoms with E-state index in [2.05, 4.69) is 9.97 Å². The summed E-state index contributed by atoms with van der Waals surface area (Å²) in [6, 6.07) is 6.93. The topological polar surface area (TPSA) is 71.8 Å². The van der Waals surface area contributed by atoms with Gasteiger partial charge in [0.05, 0.1) is 5.02 Å². The van der Waals surface area contributed by atoms with Gasteiger partial charge in [-0.25, -0.2) is 4.98 Å². The lowest BCUT2D eigenvalue weighted by Crippen LogP contribution is -2.05. The van der Waals surface area contributed by atoms with Crippen LogP contribution in [0.15, 0.2) is 45.3 Å². The van der Waals surface area contributed by atoms with Gasteiger partial charge >= 0.3 is 0 Å². The van der Waals surface area contributed by atoms with E-state index in [4.69, 9.17) is 17.3 Å². The van der Waals surface area contributed by atoms with Crippen molar-refractivity contribution in [1.29, 1.82) is 0 Å². The minimum absolute atomic E-state index is 0.0591. The molecule has 3 N–H and O–H groups in total. The molecule has 0 aliphatic carbocycles. The molecule has 0 aliphatic rings. The second kappa shape index (κ2) is 5.56. The molecule has 1 atom stereocenters. The highest BCUT2D eigenvalue weighted by Gasteiger charge is 2.07. The third-order valence-corrected chi connectivity index (χ3v) is 3.74. The van der Waals surface area contributed by atoms with Crippen LogP contribution >= 0.6 is 23.4 Å². The summed E-state index contributed by atoms with van der Waals surface area (Å²) in [6.45, 7) is 1.90. The summed E-state index contributed by atoms with van der Waals surface area (Å²) in [7, 11) is 0. The minimum atomic E-state index is -0.184. The highest BCUT2D eigenvalue weighted by atomic mass is 35.5. The summed E-state index contributed by atoms with van der Waals surface area (Å²) in [4.78, 5) is 18.7. The van der Waals surface area contributed by atoms with E-state index in [0.717, 1.165) is 10.5 Å². The van der Waals surface area contributed by atoms with Crippen LogP contribution in [0, 0.1) is 0 Å². The summed E-state index contributed by atoms with van der Waals surface area (Å²) in [5.74, 6) is 0. The number of benzene rings is 1. The van der Waals surface area contributed by atoms with Crippen molar-refractivity contribution in [2.45, 2.75) is 23.0 Å². The standard InChI is InChI=1S/C12H12ClN3OS/c1-7(14)8-2-3-10(9(13)6-8)18-12-15-5-4-11(17)16-12/h2-7H,14H2,1H3,(H,15,16,17)/t7-/m0/s1. The van der Waals surface area contributed by atoms with Gasteiger partial charge in [0.15, 0.2) is 5.16 Å². The van der Waals surface area contributed by atoms with E-state index in [1.807, 2.05) is 25.1 Å². The van der Waals surface area contributed by atoms with Crippen molar-refractivity contribution in [2.24, 2.45) is 5.73 Å². The van der Waals surface area contributed by atoms with Gasteiger partial charge in [0.1, 0.15) is 0 Å². The Morgan fingerprint density at radius 3 is 2.83 bits per heavy atom. The molecule has 2 aromatic rings. The van der Waals surface area contributed by atoms with Gasteiger partial charge in [0.2, 0.25) is 0 Å². The van der Waals surface area contributed by atoms with Crippen LogP contribution in [0.3, 0.4) is 0 Å². The van der Waals surface area contributed by atoms with Crippen LogP contribution in [0.2, 0.25) is 5.02 Å². The molecule has 0 saturated heterocycles. The van der Waals surface area contributed by atoms with Crippen LogP contribution in [0.4, 0.5) is 0 Å². The van der Waals surface area contributed by atoms with E-state index in [1.54, 1.807) is 0 Å². The van der Waals surface area contributed by atoms with E-state index in [0.29, 0.717) is 10.2 Å². The van der Waals surface area contributed by atoms with Crippen molar-refractivity contribution in [3.8, 4) is 0 Å². The van der Waals surface area contributed by atoms with Crippen molar-refractivity contribution >= 4 is 23.4 Å². The predicted molar refractivity (Wildman–Crippen MR) is 73.0 cm³/mol. The average Bonchev–Trinajstić information content (AvgIpc) is 2.31. The molecule has 0 unspecified atom stereocenters. The van der Waals surface area contributed by atoms with Crippen LogP contribution in [0.1, 0.15) is 18.5 Å². The number of H-pyrrole nitrogens is 1. The van der Waals surface area contributed by atoms with Crippen molar-refractivity contribution in [1.82, 2.24) is 9.97 Å². The Morgan fingerprint density at radius 2 is 2.22 bits per heavy atom. The molecule has 0 aliphatic heterocycles. The normalized spacial score (nSPS) is 12.4. The molecule has 0 bridgehead atoms. The predicted octanol–water partition coefficient (Wildman–Crippen LogP) is 2.59. The van der Waals surface area contributed by atoms with Gasteiger partial charge < -0.3 is 10.7 Å². The first-order chi connectivity index (χ1) is 8.56. The van der Waals surface area contributed by atoms with Crippen LogP contribution in [-0.2, 0) is 0 Å². The van der Waals surface area contributed by atoms with Gasteiger partial charge in [-0.3, -0.25) is 4.79 Å². The first-order valence-electron chi connectivity index (χ1n) is 5.34. The summed E-state index contributed by atoms with van der Waals surface area (Å²) >= 11 is 7.48. The smallest absolute Gasteiger partial charge is 0.251 e. The number of nitrogens with zero attached hydrogens (tertiary/aromatic N) is 1. The first-order valence-corrected chi connectivity index (χ1v) is 6.54. The summed E-state index contributed by atoms with van der Waals surface area (Å²) in [6.07, 6.45) is 1.46. The van der Waals surface area contributed by atoms with Crippen LogP contribution < -0.4 is 11.3 Å². The fraction of sp³-hybridized carbons (Fsp3) is 0.167. The van der Waals surface area contributed by atoms with Crippen molar-refractivity contribution in [3.05, 3.63) is 51.4 Å². The molecule has 1 heterocycles. The maximum absolute atomic E-state index is 11.2. The van der Waals surface area contributed by atoms with E-state index >= 15 is 0 Å². The van der Waals surface area contributed by atoms with E-state index in [-0.39, 0.29) is 11.6 Å². The Hall–Kier alpha value is -1.30. The van der Waals surface area contributed by atoms with Crippen LogP contribution in [0.25, 0.3) is 0 Å². The van der Waals surface area contributed by atoms with Gasteiger partial charge in [0.25, 0.3) is 5.56 Å². The molecule has 1 aromatic heterocycles. The molecule has 94 valence electrons. The molecule has 18 heavy (non-hydrogen) atoms. The van der Waals surface area contributed by atoms with E-state index < -0.39 is 0 Å². The summed E-state index contributed by atoms with van der Waals surface area (Å²) in [5, 5.41) is 1.11. The Balaban J connectivity index is 2.27. The highest BCUT2D eigenvalue weighted by molar-refractivity contribution is 7.99. The maximum atomic E-state index is 11.2. The number of hydrogen-bond acceptors (Lipinski definition) is 4. The van der Waals surface area contributed by atoms with Gasteiger partial charge in [-0.15, -0.1) is 0 Å². The molecular weight excluding hydrogens is 270 g/mol. The molecule has 1 aromatic carbocycles. The molecule has 6 heteroatoms. The molecule has 0 saturated carbocycles. The summed E-state index contributed by atoms with van der Waals surface area (Å²) in [5.41, 5.74) is 6.57. The maximum Gasteiger partial charge on any atom is 0.251 e. The molecule has 0 fully saturated rings. The number of halogens is 1. The van der Waals surface area contributed by atoms with Crippen molar-refractivity contribution < 1.29 is 0 Å². The van der Waals surface area contributed by atoms with Crippen molar-refractivity contribution in [3.63, 3.8) is 0 Å². The van der Waals surface area contributed by atoms with E-state index in [9.17, 15) is 4.79 Å². The zero-order valence-electron chi connectivity index (χ0n) is 9.68. The molecule has 0 amide bonds. The zero-order valence-corrected chi connectivity index (χ0v) is 11.3. The zero-order chi connectivity index (χ0) is 13.1. The molecule has 0 radical (unpaired) electrons. The largest absolute Gasteiger partial charge is 0.324 e. The Labute approximate surface area is 114 Å². The molecule has 2 rings (SSSR count). The van der Waals surface area contributed by atoms with Crippen LogP contribution in [0.5, 0.6) is 0 Å². The fourth-order valence-corrected chi connectivity index (χ4v) is 2.46. The average molecular weight is 282 g/mol. The van der Waals surface area contributed by atoms with Crippen LogP contribution in [-0.4, -0.2) is 9.97 Å². The Bertz CT molecular complexity index is 612. The molecule has 4 nitrogen and oxygen atoms in total. The monoisotopic (exact) mass is 281 g/mol. The third kappa shape index (κ3) is 3.13. The SMILES string of the molecule is C[C@H](N)c1ccc(Sc2nccc(=O)[nH]2)c(Cl)c1. The van der Waals surface area contributed by atoms with E-state index in [1.165, 1.54) is 24.0 Å². The first kappa shape index (κ1) is 13.1.